The fraction of sp³-hybridized carbons (Fsp3) is 0.480. The fourth-order valence-corrected chi connectivity index (χ4v) is 5.61. The van der Waals surface area contributed by atoms with Gasteiger partial charge >= 0.3 is 210 Å². The number of rotatable bonds is 7. The van der Waals surface area contributed by atoms with Crippen molar-refractivity contribution in [2.24, 2.45) is 0 Å². The standard InChI is InChI=1S/C25H29F4N7O2Se/c1-24(2,38)15-35-13-16(12-31-35)23(37)30-10-5-6-19-22(39-25(27,28)29)20-7-4-8-21(36(20)33-19)32-18-9-11-34(3)14-17(18)26/h4,7-8,12-13,17-18,32,38H,9-11,14-15H2,1-3H3,(H,30,37). The molecule has 3 aromatic rings. The van der Waals surface area contributed by atoms with E-state index >= 15 is 0 Å². The number of carbonyl (C=O) groups excluding carboxylic acids is 1. The molecule has 0 aliphatic carbocycles. The molecule has 39 heavy (non-hydrogen) atoms. The van der Waals surface area contributed by atoms with Crippen molar-refractivity contribution in [2.75, 3.05) is 32.0 Å². The number of alkyl halides is 4. The number of likely N-dealkylation sites (tertiary alicyclic amines) is 1. The van der Waals surface area contributed by atoms with Crippen LogP contribution in [0.3, 0.4) is 0 Å². The van der Waals surface area contributed by atoms with E-state index in [0.29, 0.717) is 18.8 Å². The summed E-state index contributed by atoms with van der Waals surface area (Å²) in [5.74, 6) is 5.27. The number of piperidine rings is 1. The fourth-order valence-electron chi connectivity index (χ4n) is 4.18. The molecule has 0 bridgehead atoms. The Hall–Kier alpha value is -3.11. The van der Waals surface area contributed by atoms with Crippen LogP contribution < -0.4 is 15.1 Å². The van der Waals surface area contributed by atoms with Crippen molar-refractivity contribution in [1.29, 1.82) is 0 Å². The van der Waals surface area contributed by atoms with Crippen LogP contribution in [0.15, 0.2) is 30.6 Å². The molecule has 9 nitrogen and oxygen atoms in total. The number of nitrogens with zero attached hydrogens (tertiary/aromatic N) is 5. The molecule has 1 aliphatic rings. The topological polar surface area (TPSA) is 99.7 Å². The van der Waals surface area contributed by atoms with Crippen molar-refractivity contribution < 1.29 is 27.5 Å². The first-order chi connectivity index (χ1) is 18.3. The van der Waals surface area contributed by atoms with Gasteiger partial charge in [-0.15, -0.1) is 0 Å². The Balaban J connectivity index is 1.52. The van der Waals surface area contributed by atoms with Gasteiger partial charge in [-0.05, 0) is 13.8 Å². The van der Waals surface area contributed by atoms with E-state index in [-0.39, 0.29) is 40.9 Å². The molecule has 1 aliphatic heterocycles. The molecule has 3 aromatic heterocycles. The van der Waals surface area contributed by atoms with Gasteiger partial charge in [0.1, 0.15) is 0 Å². The average molecular weight is 615 g/mol. The molecule has 0 radical (unpaired) electrons. The van der Waals surface area contributed by atoms with Crippen molar-refractivity contribution >= 4 is 36.7 Å². The molecule has 2 atom stereocenters. The molecule has 1 saturated heterocycles. The number of nitrogens with one attached hydrogen (secondary N) is 2. The quantitative estimate of drug-likeness (QED) is 0.212. The summed E-state index contributed by atoms with van der Waals surface area (Å²) in [6.07, 6.45) is 2.23. The van der Waals surface area contributed by atoms with Gasteiger partial charge in [-0.2, -0.15) is 0 Å². The number of halogens is 4. The Labute approximate surface area is 229 Å². The van der Waals surface area contributed by atoms with E-state index in [4.69, 9.17) is 0 Å². The molecule has 4 heterocycles. The third-order valence-electron chi connectivity index (χ3n) is 5.90. The van der Waals surface area contributed by atoms with Crippen LogP contribution in [0, 0.1) is 11.8 Å². The molecule has 4 rings (SSSR count). The van der Waals surface area contributed by atoms with Gasteiger partial charge in [0.05, 0.1) is 0 Å². The predicted molar refractivity (Wildman–Crippen MR) is 139 cm³/mol. The number of aliphatic hydroxyl groups is 1. The summed E-state index contributed by atoms with van der Waals surface area (Å²) in [6.45, 7) is 4.24. The molecule has 0 spiro atoms. The van der Waals surface area contributed by atoms with Gasteiger partial charge in [-0.3, -0.25) is 0 Å². The summed E-state index contributed by atoms with van der Waals surface area (Å²) in [7, 11) is 1.83. The molecule has 14 heteroatoms. The summed E-state index contributed by atoms with van der Waals surface area (Å²) in [4.78, 5) is 14.3. The van der Waals surface area contributed by atoms with E-state index in [1.165, 1.54) is 27.7 Å². The van der Waals surface area contributed by atoms with Crippen LogP contribution in [-0.2, 0) is 6.54 Å². The monoisotopic (exact) mass is 615 g/mol. The number of anilines is 1. The number of hydrogen-bond donors (Lipinski definition) is 3. The van der Waals surface area contributed by atoms with Crippen molar-refractivity contribution in [2.45, 2.75) is 49.7 Å². The first-order valence-electron chi connectivity index (χ1n) is 12.2. The van der Waals surface area contributed by atoms with Crippen molar-refractivity contribution in [3.05, 3.63) is 41.9 Å². The minimum absolute atomic E-state index is 0.0365. The summed E-state index contributed by atoms with van der Waals surface area (Å²) in [6, 6.07) is 4.28. The van der Waals surface area contributed by atoms with Crippen LogP contribution in [0.2, 0.25) is 0 Å². The van der Waals surface area contributed by atoms with Gasteiger partial charge < -0.3 is 5.11 Å². The molecule has 3 N–H and O–H groups in total. The Bertz CT molecular complexity index is 1390. The van der Waals surface area contributed by atoms with Crippen LogP contribution in [-0.4, -0.2) is 99.8 Å². The number of pyridine rings is 1. The molecule has 1 fully saturated rings. The molecule has 1 amide bonds. The van der Waals surface area contributed by atoms with Gasteiger partial charge in [0.25, 0.3) is 0 Å². The van der Waals surface area contributed by atoms with Crippen LogP contribution in [0.4, 0.5) is 23.4 Å². The summed E-state index contributed by atoms with van der Waals surface area (Å²) in [5.41, 5.74) is -0.557. The van der Waals surface area contributed by atoms with Crippen molar-refractivity contribution in [1.82, 2.24) is 29.6 Å². The Morgan fingerprint density at radius 2 is 2.08 bits per heavy atom. The van der Waals surface area contributed by atoms with Gasteiger partial charge in [0.15, 0.2) is 0 Å². The van der Waals surface area contributed by atoms with Crippen molar-refractivity contribution in [3.63, 3.8) is 0 Å². The van der Waals surface area contributed by atoms with Crippen LogP contribution in [0.25, 0.3) is 5.52 Å². The number of aromatic nitrogens is 4. The molecule has 210 valence electrons. The summed E-state index contributed by atoms with van der Waals surface area (Å²) >= 11 is -1.92. The van der Waals surface area contributed by atoms with Crippen LogP contribution in [0.1, 0.15) is 36.3 Å². The Morgan fingerprint density at radius 3 is 2.77 bits per heavy atom. The normalized spacial score (nSPS) is 18.6. The van der Waals surface area contributed by atoms with Gasteiger partial charge in [0.2, 0.25) is 0 Å². The minimum atomic E-state index is -4.44. The second kappa shape index (κ2) is 11.6. The zero-order valence-corrected chi connectivity index (χ0v) is 23.3. The van der Waals surface area contributed by atoms with Gasteiger partial charge in [-0.25, -0.2) is 0 Å². The van der Waals surface area contributed by atoms with Gasteiger partial charge in [-0.1, -0.05) is 0 Å². The van der Waals surface area contributed by atoms with Crippen molar-refractivity contribution in [3.8, 4) is 11.8 Å². The van der Waals surface area contributed by atoms with Gasteiger partial charge in [0, 0.05) is 0 Å². The molecule has 0 saturated carbocycles. The zero-order valence-electron chi connectivity index (χ0n) is 21.6. The van der Waals surface area contributed by atoms with Crippen LogP contribution >= 0.6 is 0 Å². The first-order valence-corrected chi connectivity index (χ1v) is 13.9. The Kier molecular flexibility index (Phi) is 8.56. The van der Waals surface area contributed by atoms with E-state index in [1.54, 1.807) is 26.0 Å². The van der Waals surface area contributed by atoms with E-state index in [9.17, 15) is 27.5 Å². The third kappa shape index (κ3) is 7.73. The maximum absolute atomic E-state index is 14.6. The second-order valence-corrected chi connectivity index (χ2v) is 12.2. The molecule has 2 unspecified atom stereocenters. The Morgan fingerprint density at radius 1 is 1.31 bits per heavy atom. The van der Waals surface area contributed by atoms with E-state index in [1.807, 2.05) is 11.9 Å². The van der Waals surface area contributed by atoms with Crippen LogP contribution in [0.5, 0.6) is 0 Å². The molecular weight excluding hydrogens is 585 g/mol. The number of carbonyl (C=O) groups is 1. The maximum atomic E-state index is 14.6. The van der Waals surface area contributed by atoms with E-state index < -0.39 is 43.8 Å². The number of fused-ring (bicyclic) bond motifs is 1. The SMILES string of the molecule is CN1CCC(Nc2cccc3c([Se]C(F)(F)F)c(C#CCNC(=O)c4cnn(CC(C)(C)O)c4)nn23)C(F)C1. The average Bonchev–Trinajstić information content (AvgIpc) is 3.41. The summed E-state index contributed by atoms with van der Waals surface area (Å²) in [5, 5.41) is 19.5. The number of hydrogen-bond acceptors (Lipinski definition) is 6. The van der Waals surface area contributed by atoms with E-state index in [0.717, 1.165) is 0 Å². The van der Waals surface area contributed by atoms with E-state index in [2.05, 4.69) is 32.7 Å². The zero-order chi connectivity index (χ0) is 28.4. The predicted octanol–water partition coefficient (Wildman–Crippen LogP) is 1.39. The molecular formula is C25H29F4N7O2Se. The number of amides is 1. The molecule has 0 aromatic carbocycles. The summed E-state index contributed by atoms with van der Waals surface area (Å²) < 4.78 is 57.7. The third-order valence-corrected chi connectivity index (χ3v) is 7.65. The first kappa shape index (κ1) is 28.9. The second-order valence-electron chi connectivity index (χ2n) is 9.97.